The van der Waals surface area contributed by atoms with Crippen molar-refractivity contribution in [3.8, 4) is 28.3 Å². The number of allylic oxidation sites excluding steroid dienone is 1. The highest BCUT2D eigenvalue weighted by Gasteiger charge is 2.06. The first-order valence-electron chi connectivity index (χ1n) is 9.29. The van der Waals surface area contributed by atoms with Crippen LogP contribution in [0.25, 0.3) is 28.6 Å². The number of unbranched alkanes of at least 4 members (excludes halogenated alkanes) is 1. The van der Waals surface area contributed by atoms with Crippen molar-refractivity contribution in [1.29, 1.82) is 0 Å². The van der Waals surface area contributed by atoms with E-state index in [2.05, 4.69) is 16.0 Å². The second-order valence-electron chi connectivity index (χ2n) is 6.77. The number of aliphatic hydroxyl groups excluding tert-OH is 1. The topological polar surface area (TPSA) is 66.2 Å². The van der Waals surface area contributed by atoms with Crippen LogP contribution in [0.15, 0.2) is 60.9 Å². The number of aliphatic hydroxyl groups is 1. The maximum atomic E-state index is 13.5. The summed E-state index contributed by atoms with van der Waals surface area (Å²) in [5.41, 5.74) is 3.34. The van der Waals surface area contributed by atoms with Gasteiger partial charge in [-0.3, -0.25) is 0 Å². The van der Waals surface area contributed by atoms with Gasteiger partial charge in [0.1, 0.15) is 0 Å². The summed E-state index contributed by atoms with van der Waals surface area (Å²) in [6.07, 6.45) is 9.99. The number of benzene rings is 2. The van der Waals surface area contributed by atoms with Crippen molar-refractivity contribution in [2.24, 2.45) is 0 Å². The molecule has 4 nitrogen and oxygen atoms in total. The molecule has 0 bridgehead atoms. The summed E-state index contributed by atoms with van der Waals surface area (Å²) in [5, 5.41) is 18.5. The lowest BCUT2D eigenvalue weighted by molar-refractivity contribution is 0.182. The van der Waals surface area contributed by atoms with Gasteiger partial charge in [-0.25, -0.2) is 14.4 Å². The summed E-state index contributed by atoms with van der Waals surface area (Å²) in [7, 11) is 0. The molecule has 2 N–H and O–H groups in total. The Kier molecular flexibility index (Phi) is 6.50. The molecule has 1 atom stereocenters. The molecule has 28 heavy (non-hydrogen) atoms. The minimum atomic E-state index is -0.639. The molecule has 0 saturated heterocycles. The van der Waals surface area contributed by atoms with Crippen molar-refractivity contribution in [2.75, 3.05) is 0 Å². The zero-order valence-electron chi connectivity index (χ0n) is 15.7. The summed E-state index contributed by atoms with van der Waals surface area (Å²) in [5.74, 6) is -0.375. The zero-order chi connectivity index (χ0) is 19.9. The number of rotatable bonds is 7. The molecular weight excluding hydrogens is 355 g/mol. The Morgan fingerprint density at radius 3 is 2.29 bits per heavy atom. The fourth-order valence-electron chi connectivity index (χ4n) is 2.82. The average molecular weight is 378 g/mol. The lowest BCUT2D eigenvalue weighted by atomic mass is 10.0. The van der Waals surface area contributed by atoms with Crippen LogP contribution in [0, 0.1) is 5.82 Å². The van der Waals surface area contributed by atoms with E-state index in [9.17, 15) is 14.6 Å². The molecule has 1 heterocycles. The third-order valence-electron chi connectivity index (χ3n) is 4.40. The molecule has 0 fully saturated rings. The molecule has 3 aromatic rings. The van der Waals surface area contributed by atoms with Gasteiger partial charge in [-0.05, 0) is 49.4 Å². The first-order chi connectivity index (χ1) is 13.5. The molecule has 0 aliphatic carbocycles. The van der Waals surface area contributed by atoms with E-state index in [-0.39, 0.29) is 11.9 Å². The van der Waals surface area contributed by atoms with Crippen molar-refractivity contribution < 1.29 is 14.6 Å². The van der Waals surface area contributed by atoms with Gasteiger partial charge in [0.05, 0.1) is 6.10 Å². The fourth-order valence-corrected chi connectivity index (χ4v) is 2.82. The van der Waals surface area contributed by atoms with E-state index in [4.69, 9.17) is 0 Å². The van der Waals surface area contributed by atoms with E-state index in [0.717, 1.165) is 36.0 Å². The van der Waals surface area contributed by atoms with Gasteiger partial charge >= 0.3 is 0 Å². The molecule has 0 radical (unpaired) electrons. The van der Waals surface area contributed by atoms with Crippen LogP contribution in [0.3, 0.4) is 0 Å². The average Bonchev–Trinajstić information content (AvgIpc) is 2.70. The molecule has 1 unspecified atom stereocenters. The van der Waals surface area contributed by atoms with E-state index in [1.165, 1.54) is 12.1 Å². The minimum absolute atomic E-state index is 0.254. The zero-order valence-corrected chi connectivity index (χ0v) is 15.7. The summed E-state index contributed by atoms with van der Waals surface area (Å²) in [4.78, 5) is 8.82. The summed E-state index contributed by atoms with van der Waals surface area (Å²) in [6.45, 7) is 1.80. The third kappa shape index (κ3) is 5.24. The Bertz CT molecular complexity index is 936. The second kappa shape index (κ2) is 9.24. The van der Waals surface area contributed by atoms with Crippen molar-refractivity contribution in [3.63, 3.8) is 0 Å². The van der Waals surface area contributed by atoms with Crippen LogP contribution in [0.1, 0.15) is 31.7 Å². The van der Waals surface area contributed by atoms with Gasteiger partial charge in [-0.15, -0.1) is 0 Å². The Balaban J connectivity index is 1.65. The predicted octanol–water partition coefficient (Wildman–Crippen LogP) is 5.22. The Morgan fingerprint density at radius 1 is 1.00 bits per heavy atom. The SMILES string of the molecule is CC(O)CCC/C=C/c1cnc(-c2ccc(-c3ccc(O)c(F)c3)cc2)nc1. The molecule has 0 saturated carbocycles. The first kappa shape index (κ1) is 19.7. The van der Waals surface area contributed by atoms with Gasteiger partial charge in [-0.1, -0.05) is 42.5 Å². The van der Waals surface area contributed by atoms with Crippen LogP contribution >= 0.6 is 0 Å². The van der Waals surface area contributed by atoms with E-state index >= 15 is 0 Å². The first-order valence-corrected chi connectivity index (χ1v) is 9.29. The largest absolute Gasteiger partial charge is 0.505 e. The molecule has 1 aromatic heterocycles. The van der Waals surface area contributed by atoms with Gasteiger partial charge in [0.25, 0.3) is 0 Å². The molecule has 3 rings (SSSR count). The molecule has 0 aliphatic heterocycles. The van der Waals surface area contributed by atoms with E-state index in [0.29, 0.717) is 11.4 Å². The maximum absolute atomic E-state index is 13.5. The molecule has 144 valence electrons. The van der Waals surface area contributed by atoms with Crippen LogP contribution in [-0.2, 0) is 0 Å². The third-order valence-corrected chi connectivity index (χ3v) is 4.40. The minimum Gasteiger partial charge on any atom is -0.505 e. The monoisotopic (exact) mass is 378 g/mol. The van der Waals surface area contributed by atoms with Crippen molar-refractivity contribution in [3.05, 3.63) is 72.3 Å². The van der Waals surface area contributed by atoms with Crippen LogP contribution in [0.5, 0.6) is 5.75 Å². The summed E-state index contributed by atoms with van der Waals surface area (Å²) in [6, 6.07) is 11.9. The molecule has 0 spiro atoms. The normalized spacial score (nSPS) is 12.4. The quantitative estimate of drug-likeness (QED) is 0.553. The van der Waals surface area contributed by atoms with Crippen molar-refractivity contribution in [2.45, 2.75) is 32.3 Å². The van der Waals surface area contributed by atoms with E-state index in [1.54, 1.807) is 25.4 Å². The fraction of sp³-hybridized carbons (Fsp3) is 0.217. The number of phenolic OH excluding ortho intramolecular Hbond substituents is 1. The molecule has 0 amide bonds. The smallest absolute Gasteiger partial charge is 0.165 e. The Morgan fingerprint density at radius 2 is 1.64 bits per heavy atom. The number of aromatic nitrogens is 2. The molecular formula is C23H23FN2O2. The predicted molar refractivity (Wildman–Crippen MR) is 109 cm³/mol. The number of phenols is 1. The van der Waals surface area contributed by atoms with E-state index in [1.807, 2.05) is 30.3 Å². The second-order valence-corrected chi connectivity index (χ2v) is 6.77. The lowest BCUT2D eigenvalue weighted by Crippen LogP contribution is -1.97. The molecule has 5 heteroatoms. The highest BCUT2D eigenvalue weighted by atomic mass is 19.1. The summed E-state index contributed by atoms with van der Waals surface area (Å²) >= 11 is 0. The highest BCUT2D eigenvalue weighted by Crippen LogP contribution is 2.26. The highest BCUT2D eigenvalue weighted by molar-refractivity contribution is 5.68. The number of hydrogen-bond acceptors (Lipinski definition) is 4. The molecule has 0 aliphatic rings. The van der Waals surface area contributed by atoms with Gasteiger partial charge in [0.15, 0.2) is 17.4 Å². The number of aromatic hydroxyl groups is 1. The number of hydrogen-bond donors (Lipinski definition) is 2. The Labute approximate surface area is 164 Å². The van der Waals surface area contributed by atoms with Gasteiger partial charge < -0.3 is 10.2 Å². The Hall–Kier alpha value is -3.05. The lowest BCUT2D eigenvalue weighted by Gasteiger charge is -2.05. The number of halogens is 1. The van der Waals surface area contributed by atoms with Gasteiger partial charge in [0, 0.05) is 23.5 Å². The molecule has 2 aromatic carbocycles. The number of nitrogens with zero attached hydrogens (tertiary/aromatic N) is 2. The summed E-state index contributed by atoms with van der Waals surface area (Å²) < 4.78 is 13.5. The van der Waals surface area contributed by atoms with Gasteiger partial charge in [0.2, 0.25) is 0 Å². The maximum Gasteiger partial charge on any atom is 0.165 e. The van der Waals surface area contributed by atoms with Gasteiger partial charge in [-0.2, -0.15) is 0 Å². The standard InChI is InChI=1S/C23H23FN2O2/c1-16(27)5-3-2-4-6-17-14-25-23(26-15-17)19-9-7-18(8-10-19)20-11-12-22(28)21(24)13-20/h4,6-16,27-28H,2-3,5H2,1H3/b6-4+. The van der Waals surface area contributed by atoms with Crippen LogP contribution < -0.4 is 0 Å². The van der Waals surface area contributed by atoms with Crippen LogP contribution in [0.2, 0.25) is 0 Å². The van der Waals surface area contributed by atoms with E-state index < -0.39 is 5.82 Å². The van der Waals surface area contributed by atoms with Crippen molar-refractivity contribution >= 4 is 6.08 Å². The van der Waals surface area contributed by atoms with Crippen LogP contribution in [-0.4, -0.2) is 26.3 Å². The van der Waals surface area contributed by atoms with Crippen LogP contribution in [0.4, 0.5) is 4.39 Å². The van der Waals surface area contributed by atoms with Crippen molar-refractivity contribution in [1.82, 2.24) is 9.97 Å².